The van der Waals surface area contributed by atoms with Gasteiger partial charge in [-0.3, -0.25) is 0 Å². The number of aliphatic hydroxyl groups is 1. The van der Waals surface area contributed by atoms with E-state index in [1.54, 1.807) is 0 Å². The van der Waals surface area contributed by atoms with Crippen LogP contribution in [0.25, 0.3) is 0 Å². The van der Waals surface area contributed by atoms with Crippen molar-refractivity contribution in [2.75, 3.05) is 0 Å². The highest BCUT2D eigenvalue weighted by Crippen LogP contribution is 2.66. The fourth-order valence-corrected chi connectivity index (χ4v) is 9.41. The molecular formula is C29H52O. The van der Waals surface area contributed by atoms with Gasteiger partial charge >= 0.3 is 0 Å². The molecule has 4 aliphatic rings. The molecule has 0 saturated heterocycles. The lowest BCUT2D eigenvalue weighted by Crippen LogP contribution is -2.51. The summed E-state index contributed by atoms with van der Waals surface area (Å²) >= 11 is 0. The van der Waals surface area contributed by atoms with Crippen LogP contribution in [0.2, 0.25) is 0 Å². The maximum Gasteiger partial charge on any atom is 0.0648 e. The molecule has 0 heterocycles. The molecule has 4 aliphatic carbocycles. The molecule has 0 aromatic carbocycles. The summed E-state index contributed by atoms with van der Waals surface area (Å²) in [6.45, 7) is 14.7. The van der Waals surface area contributed by atoms with Crippen molar-refractivity contribution in [3.8, 4) is 0 Å². The Labute approximate surface area is 188 Å². The Morgan fingerprint density at radius 1 is 0.933 bits per heavy atom. The molecule has 0 aromatic heterocycles. The highest BCUT2D eigenvalue weighted by atomic mass is 16.3. The van der Waals surface area contributed by atoms with Crippen molar-refractivity contribution in [1.29, 1.82) is 0 Å². The Hall–Kier alpha value is -0.0400. The minimum absolute atomic E-state index is 0.335. The molecule has 1 N–H and O–H groups in total. The first-order valence-corrected chi connectivity index (χ1v) is 13.8. The Kier molecular flexibility index (Phi) is 6.47. The normalized spacial score (nSPS) is 47.3. The van der Waals surface area contributed by atoms with E-state index in [1.165, 1.54) is 64.2 Å². The molecule has 0 aliphatic heterocycles. The van der Waals surface area contributed by atoms with Gasteiger partial charge in [0.05, 0.1) is 5.60 Å². The average Bonchev–Trinajstić information content (AvgIpc) is 3.04. The molecule has 0 bridgehead atoms. The number of hydrogen-bond acceptors (Lipinski definition) is 1. The summed E-state index contributed by atoms with van der Waals surface area (Å²) in [5.74, 6) is 6.62. The largest absolute Gasteiger partial charge is 0.390 e. The van der Waals surface area contributed by atoms with Gasteiger partial charge in [0, 0.05) is 0 Å². The van der Waals surface area contributed by atoms with E-state index >= 15 is 0 Å². The molecule has 4 saturated carbocycles. The van der Waals surface area contributed by atoms with Gasteiger partial charge in [-0.05, 0) is 123 Å². The molecule has 30 heavy (non-hydrogen) atoms. The second-order valence-corrected chi connectivity index (χ2v) is 13.9. The van der Waals surface area contributed by atoms with Gasteiger partial charge < -0.3 is 5.11 Å². The minimum atomic E-state index is -0.335. The SMILES string of the molecule is CC[C@]1(O)CC[C@H]2[C@@H](CC[C@@H]3[C@@H]2CC[C@]2(C)[C@@H]([C@H](C)CCCC(C)(C)C)CC[C@@H]32)C1. The number of hydrogen-bond donors (Lipinski definition) is 1. The Balaban J connectivity index is 1.40. The smallest absolute Gasteiger partial charge is 0.0648 e. The van der Waals surface area contributed by atoms with E-state index < -0.39 is 0 Å². The van der Waals surface area contributed by atoms with Gasteiger partial charge in [0.15, 0.2) is 0 Å². The first-order valence-electron chi connectivity index (χ1n) is 13.8. The molecule has 0 radical (unpaired) electrons. The minimum Gasteiger partial charge on any atom is -0.390 e. The summed E-state index contributed by atoms with van der Waals surface area (Å²) in [6, 6.07) is 0. The van der Waals surface area contributed by atoms with Crippen molar-refractivity contribution in [3.63, 3.8) is 0 Å². The van der Waals surface area contributed by atoms with Gasteiger partial charge in [-0.1, -0.05) is 54.4 Å². The van der Waals surface area contributed by atoms with Crippen LogP contribution in [0, 0.1) is 52.3 Å². The summed E-state index contributed by atoms with van der Waals surface area (Å²) in [7, 11) is 0. The average molecular weight is 417 g/mol. The Morgan fingerprint density at radius 2 is 1.67 bits per heavy atom. The van der Waals surface area contributed by atoms with Crippen LogP contribution in [0.5, 0.6) is 0 Å². The van der Waals surface area contributed by atoms with Crippen molar-refractivity contribution in [2.24, 2.45) is 52.3 Å². The van der Waals surface area contributed by atoms with E-state index in [0.29, 0.717) is 10.8 Å². The van der Waals surface area contributed by atoms with Crippen LogP contribution in [-0.2, 0) is 0 Å². The first-order chi connectivity index (χ1) is 14.1. The molecule has 9 atom stereocenters. The van der Waals surface area contributed by atoms with Crippen molar-refractivity contribution >= 4 is 0 Å². The van der Waals surface area contributed by atoms with Crippen LogP contribution in [0.3, 0.4) is 0 Å². The summed E-state index contributed by atoms with van der Waals surface area (Å²) < 4.78 is 0. The third-order valence-electron chi connectivity index (χ3n) is 11.1. The molecule has 0 amide bonds. The third-order valence-corrected chi connectivity index (χ3v) is 11.1. The van der Waals surface area contributed by atoms with E-state index in [0.717, 1.165) is 60.7 Å². The van der Waals surface area contributed by atoms with Crippen molar-refractivity contribution < 1.29 is 5.11 Å². The van der Waals surface area contributed by atoms with Crippen molar-refractivity contribution in [3.05, 3.63) is 0 Å². The monoisotopic (exact) mass is 416 g/mol. The molecule has 1 nitrogen and oxygen atoms in total. The Bertz CT molecular complexity index is 590. The lowest BCUT2D eigenvalue weighted by atomic mass is 9.48. The lowest BCUT2D eigenvalue weighted by Gasteiger charge is -2.57. The molecule has 4 fully saturated rings. The summed E-state index contributed by atoms with van der Waals surface area (Å²) in [5, 5.41) is 10.9. The molecule has 4 rings (SSSR count). The molecule has 0 unspecified atom stereocenters. The zero-order chi connectivity index (χ0) is 21.7. The van der Waals surface area contributed by atoms with E-state index in [2.05, 4.69) is 41.5 Å². The number of fused-ring (bicyclic) bond motifs is 5. The summed E-state index contributed by atoms with van der Waals surface area (Å²) in [5.41, 5.74) is 0.772. The highest BCUT2D eigenvalue weighted by molar-refractivity contribution is 5.07. The van der Waals surface area contributed by atoms with E-state index in [4.69, 9.17) is 0 Å². The molecule has 1 heteroatoms. The molecular weight excluding hydrogens is 364 g/mol. The topological polar surface area (TPSA) is 20.2 Å². The second-order valence-electron chi connectivity index (χ2n) is 13.9. The zero-order valence-corrected chi connectivity index (χ0v) is 21.2. The van der Waals surface area contributed by atoms with Crippen LogP contribution < -0.4 is 0 Å². The van der Waals surface area contributed by atoms with Gasteiger partial charge in [0.1, 0.15) is 0 Å². The molecule has 174 valence electrons. The van der Waals surface area contributed by atoms with Crippen LogP contribution in [-0.4, -0.2) is 10.7 Å². The lowest BCUT2D eigenvalue weighted by molar-refractivity contribution is -0.109. The maximum absolute atomic E-state index is 10.9. The van der Waals surface area contributed by atoms with Gasteiger partial charge in [-0.25, -0.2) is 0 Å². The van der Waals surface area contributed by atoms with Gasteiger partial charge in [-0.15, -0.1) is 0 Å². The van der Waals surface area contributed by atoms with Crippen LogP contribution in [0.4, 0.5) is 0 Å². The summed E-state index contributed by atoms with van der Waals surface area (Å²) in [4.78, 5) is 0. The number of rotatable bonds is 5. The first kappa shape index (κ1) is 23.1. The van der Waals surface area contributed by atoms with Crippen molar-refractivity contribution in [2.45, 2.75) is 131 Å². The summed E-state index contributed by atoms with van der Waals surface area (Å²) in [6.07, 6.45) is 17.6. The maximum atomic E-state index is 10.9. The van der Waals surface area contributed by atoms with Crippen LogP contribution in [0.15, 0.2) is 0 Å². The van der Waals surface area contributed by atoms with Crippen LogP contribution in [0.1, 0.15) is 125 Å². The van der Waals surface area contributed by atoms with Gasteiger partial charge in [0.25, 0.3) is 0 Å². The predicted molar refractivity (Wildman–Crippen MR) is 128 cm³/mol. The zero-order valence-electron chi connectivity index (χ0n) is 21.2. The van der Waals surface area contributed by atoms with Gasteiger partial charge in [-0.2, -0.15) is 0 Å². The standard InChI is InChI=1S/C29H52O/c1-7-29(30)18-15-22-21(19-29)10-11-24-23(22)14-17-28(6)25(12-13-26(24)28)20(2)9-8-16-27(3,4)5/h20-26,30H,7-19H2,1-6H3/t20-,21+,22+,23-,24-,25-,26+,28-,29+/m1/s1. The second kappa shape index (κ2) is 8.39. The Morgan fingerprint density at radius 3 is 2.37 bits per heavy atom. The van der Waals surface area contributed by atoms with Crippen LogP contribution >= 0.6 is 0 Å². The highest BCUT2D eigenvalue weighted by Gasteiger charge is 2.58. The van der Waals surface area contributed by atoms with Crippen molar-refractivity contribution in [1.82, 2.24) is 0 Å². The fourth-order valence-electron chi connectivity index (χ4n) is 9.41. The van der Waals surface area contributed by atoms with E-state index in [-0.39, 0.29) is 5.60 Å². The van der Waals surface area contributed by atoms with Gasteiger partial charge in [0.2, 0.25) is 0 Å². The van der Waals surface area contributed by atoms with E-state index in [1.807, 2.05) is 0 Å². The van der Waals surface area contributed by atoms with E-state index in [9.17, 15) is 5.11 Å². The molecule has 0 spiro atoms. The predicted octanol–water partition coefficient (Wildman–Crippen LogP) is 8.25. The third kappa shape index (κ3) is 4.27. The fraction of sp³-hybridized carbons (Fsp3) is 1.00. The quantitative estimate of drug-likeness (QED) is 0.478. The molecule has 0 aromatic rings.